The number of ether oxygens (including phenoxy) is 2. The van der Waals surface area contributed by atoms with Crippen LogP contribution in [0.4, 0.5) is 5.69 Å². The van der Waals surface area contributed by atoms with E-state index in [0.29, 0.717) is 30.3 Å². The Bertz CT molecular complexity index is 698. The third-order valence-electron chi connectivity index (χ3n) is 4.05. The summed E-state index contributed by atoms with van der Waals surface area (Å²) in [6.45, 7) is 2.20. The Morgan fingerprint density at radius 2 is 1.81 bits per heavy atom. The Morgan fingerprint density at radius 1 is 1.07 bits per heavy atom. The summed E-state index contributed by atoms with van der Waals surface area (Å²) in [6.07, 6.45) is 0.872. The SMILES string of the molecule is COc1ccc(OC)c(NC(=O)CN(CCN)CCc2ccccc2)c1.Cl. The average molecular weight is 394 g/mol. The lowest BCUT2D eigenvalue weighted by atomic mass is 10.1. The zero-order valence-electron chi connectivity index (χ0n) is 15.8. The number of rotatable bonds is 10. The first-order valence-corrected chi connectivity index (χ1v) is 8.64. The van der Waals surface area contributed by atoms with Gasteiger partial charge in [-0.3, -0.25) is 9.69 Å². The molecule has 0 radical (unpaired) electrons. The monoisotopic (exact) mass is 393 g/mol. The first kappa shape index (κ1) is 22.8. The van der Waals surface area contributed by atoms with Crippen molar-refractivity contribution >= 4 is 24.0 Å². The molecule has 148 valence electrons. The van der Waals surface area contributed by atoms with Gasteiger partial charge in [-0.15, -0.1) is 12.4 Å². The van der Waals surface area contributed by atoms with Gasteiger partial charge in [0, 0.05) is 25.7 Å². The van der Waals surface area contributed by atoms with E-state index < -0.39 is 0 Å². The van der Waals surface area contributed by atoms with Gasteiger partial charge in [0.05, 0.1) is 26.5 Å². The number of carbonyl (C=O) groups excluding carboxylic acids is 1. The van der Waals surface area contributed by atoms with Crippen molar-refractivity contribution in [1.29, 1.82) is 0 Å². The number of anilines is 1. The zero-order valence-corrected chi connectivity index (χ0v) is 16.6. The van der Waals surface area contributed by atoms with Crippen molar-refractivity contribution in [2.24, 2.45) is 5.73 Å². The number of nitrogens with one attached hydrogen (secondary N) is 1. The molecule has 2 aromatic carbocycles. The number of hydrogen-bond acceptors (Lipinski definition) is 5. The van der Waals surface area contributed by atoms with E-state index in [4.69, 9.17) is 15.2 Å². The van der Waals surface area contributed by atoms with E-state index in [1.165, 1.54) is 5.56 Å². The van der Waals surface area contributed by atoms with Crippen molar-refractivity contribution in [3.63, 3.8) is 0 Å². The third kappa shape index (κ3) is 7.46. The quantitative estimate of drug-likeness (QED) is 0.648. The third-order valence-corrected chi connectivity index (χ3v) is 4.05. The van der Waals surface area contributed by atoms with Crippen LogP contribution in [0.5, 0.6) is 11.5 Å². The molecule has 3 N–H and O–H groups in total. The van der Waals surface area contributed by atoms with Crippen LogP contribution in [0.15, 0.2) is 48.5 Å². The van der Waals surface area contributed by atoms with Crippen LogP contribution in [0.25, 0.3) is 0 Å². The van der Waals surface area contributed by atoms with E-state index in [1.807, 2.05) is 18.2 Å². The van der Waals surface area contributed by atoms with Crippen LogP contribution < -0.4 is 20.5 Å². The minimum absolute atomic E-state index is 0. The molecular weight excluding hydrogens is 366 g/mol. The number of nitrogens with two attached hydrogens (primary N) is 1. The predicted octanol–water partition coefficient (Wildman–Crippen LogP) is 2.57. The summed E-state index contributed by atoms with van der Waals surface area (Å²) in [5, 5.41) is 2.90. The average Bonchev–Trinajstić information content (AvgIpc) is 2.67. The van der Waals surface area contributed by atoms with Gasteiger partial charge in [0.2, 0.25) is 5.91 Å². The molecule has 0 fully saturated rings. The molecule has 1 amide bonds. The highest BCUT2D eigenvalue weighted by molar-refractivity contribution is 5.94. The van der Waals surface area contributed by atoms with Gasteiger partial charge >= 0.3 is 0 Å². The summed E-state index contributed by atoms with van der Waals surface area (Å²) >= 11 is 0. The number of hydrogen-bond donors (Lipinski definition) is 2. The van der Waals surface area contributed by atoms with Crippen molar-refractivity contribution in [1.82, 2.24) is 4.90 Å². The summed E-state index contributed by atoms with van der Waals surface area (Å²) in [4.78, 5) is 14.5. The minimum Gasteiger partial charge on any atom is -0.497 e. The van der Waals surface area contributed by atoms with Gasteiger partial charge in [0.25, 0.3) is 0 Å². The maximum absolute atomic E-state index is 12.5. The molecule has 2 aromatic rings. The summed E-state index contributed by atoms with van der Waals surface area (Å²) in [5.74, 6) is 1.14. The first-order chi connectivity index (χ1) is 12.7. The highest BCUT2D eigenvalue weighted by Crippen LogP contribution is 2.28. The zero-order chi connectivity index (χ0) is 18.8. The van der Waals surface area contributed by atoms with E-state index in [0.717, 1.165) is 13.0 Å². The number of nitrogens with zero attached hydrogens (tertiary/aromatic N) is 1. The summed E-state index contributed by atoms with van der Waals surface area (Å²) in [7, 11) is 3.15. The number of methoxy groups -OCH3 is 2. The fraction of sp³-hybridized carbons (Fsp3) is 0.350. The van der Waals surface area contributed by atoms with E-state index in [-0.39, 0.29) is 24.9 Å². The molecule has 0 aromatic heterocycles. The fourth-order valence-corrected chi connectivity index (χ4v) is 2.69. The molecule has 0 aliphatic carbocycles. The molecule has 0 unspecified atom stereocenters. The summed E-state index contributed by atoms with van der Waals surface area (Å²) in [6, 6.07) is 15.5. The van der Waals surface area contributed by atoms with Crippen LogP contribution >= 0.6 is 12.4 Å². The van der Waals surface area contributed by atoms with Gasteiger partial charge in [0.15, 0.2) is 0 Å². The maximum Gasteiger partial charge on any atom is 0.238 e. The van der Waals surface area contributed by atoms with Crippen molar-refractivity contribution in [3.05, 3.63) is 54.1 Å². The molecule has 0 heterocycles. The van der Waals surface area contributed by atoms with E-state index in [1.54, 1.807) is 32.4 Å². The predicted molar refractivity (Wildman–Crippen MR) is 111 cm³/mol. The molecule has 0 spiro atoms. The molecule has 7 heteroatoms. The molecule has 0 saturated heterocycles. The van der Waals surface area contributed by atoms with Crippen molar-refractivity contribution in [2.45, 2.75) is 6.42 Å². The number of carbonyl (C=O) groups is 1. The maximum atomic E-state index is 12.5. The molecule has 0 aliphatic rings. The van der Waals surface area contributed by atoms with Gasteiger partial charge in [0.1, 0.15) is 11.5 Å². The number of benzene rings is 2. The van der Waals surface area contributed by atoms with Crippen LogP contribution in [-0.2, 0) is 11.2 Å². The Morgan fingerprint density at radius 3 is 2.44 bits per heavy atom. The largest absolute Gasteiger partial charge is 0.497 e. The van der Waals surface area contributed by atoms with Gasteiger partial charge in [-0.25, -0.2) is 0 Å². The molecule has 0 aliphatic heterocycles. The smallest absolute Gasteiger partial charge is 0.238 e. The highest BCUT2D eigenvalue weighted by atomic mass is 35.5. The van der Waals surface area contributed by atoms with Crippen LogP contribution in [-0.4, -0.2) is 51.2 Å². The van der Waals surface area contributed by atoms with Crippen LogP contribution in [0.2, 0.25) is 0 Å². The van der Waals surface area contributed by atoms with Gasteiger partial charge in [-0.05, 0) is 24.1 Å². The second kappa shape index (κ2) is 12.2. The van der Waals surface area contributed by atoms with E-state index in [9.17, 15) is 4.79 Å². The second-order valence-corrected chi connectivity index (χ2v) is 5.91. The highest BCUT2D eigenvalue weighted by Gasteiger charge is 2.13. The number of amides is 1. The Kier molecular flexibility index (Phi) is 10.3. The lowest BCUT2D eigenvalue weighted by Crippen LogP contribution is -2.38. The van der Waals surface area contributed by atoms with E-state index >= 15 is 0 Å². The van der Waals surface area contributed by atoms with Crippen LogP contribution in [0, 0.1) is 0 Å². The normalized spacial score (nSPS) is 10.2. The lowest BCUT2D eigenvalue weighted by molar-refractivity contribution is -0.117. The molecule has 0 bridgehead atoms. The molecule has 0 atom stereocenters. The Hall–Kier alpha value is -2.28. The summed E-state index contributed by atoms with van der Waals surface area (Å²) in [5.41, 5.74) is 7.53. The molecule has 27 heavy (non-hydrogen) atoms. The van der Waals surface area contributed by atoms with Crippen molar-refractivity contribution < 1.29 is 14.3 Å². The van der Waals surface area contributed by atoms with Gasteiger partial charge in [-0.2, -0.15) is 0 Å². The lowest BCUT2D eigenvalue weighted by Gasteiger charge is -2.21. The molecule has 2 rings (SSSR count). The second-order valence-electron chi connectivity index (χ2n) is 5.91. The van der Waals surface area contributed by atoms with Crippen LogP contribution in [0.1, 0.15) is 5.56 Å². The molecule has 6 nitrogen and oxygen atoms in total. The number of halogens is 1. The van der Waals surface area contributed by atoms with E-state index in [2.05, 4.69) is 22.3 Å². The van der Waals surface area contributed by atoms with Gasteiger partial charge in [-0.1, -0.05) is 30.3 Å². The van der Waals surface area contributed by atoms with Crippen molar-refractivity contribution in [2.75, 3.05) is 45.7 Å². The topological polar surface area (TPSA) is 76.8 Å². The van der Waals surface area contributed by atoms with Crippen LogP contribution in [0.3, 0.4) is 0 Å². The molecule has 0 saturated carbocycles. The Balaban J connectivity index is 0.00000364. The van der Waals surface area contributed by atoms with Gasteiger partial charge < -0.3 is 20.5 Å². The molecular formula is C20H28ClN3O3. The first-order valence-electron chi connectivity index (χ1n) is 8.64. The fourth-order valence-electron chi connectivity index (χ4n) is 2.69. The minimum atomic E-state index is -0.113. The van der Waals surface area contributed by atoms with Crippen molar-refractivity contribution in [3.8, 4) is 11.5 Å². The standard InChI is InChI=1S/C20H27N3O3.ClH/c1-25-17-8-9-19(26-2)18(14-17)22-20(24)15-23(13-11-21)12-10-16-6-4-3-5-7-16;/h3-9,14H,10-13,15,21H2,1-2H3,(H,22,24);1H. The summed E-state index contributed by atoms with van der Waals surface area (Å²) < 4.78 is 10.5. The Labute approximate surface area is 167 Å².